The molecule has 1 saturated heterocycles. The number of carbonyl (C=O) groups is 1. The van der Waals surface area contributed by atoms with E-state index >= 15 is 0 Å². The number of piperidine rings is 1. The van der Waals surface area contributed by atoms with Crippen molar-refractivity contribution in [1.82, 2.24) is 25.0 Å². The molecule has 1 aliphatic heterocycles. The number of hydrogen-bond acceptors (Lipinski definition) is 7. The van der Waals surface area contributed by atoms with Crippen LogP contribution >= 0.6 is 0 Å². The van der Waals surface area contributed by atoms with E-state index in [4.69, 9.17) is 9.26 Å². The minimum absolute atomic E-state index is 0.00124. The molecule has 1 atom stereocenters. The zero-order chi connectivity index (χ0) is 22.0. The molecule has 0 N–H and O–H groups in total. The quantitative estimate of drug-likeness (QED) is 0.621. The number of benzene rings is 1. The molecule has 4 rings (SSSR count). The second-order valence-electron chi connectivity index (χ2n) is 8.18. The van der Waals surface area contributed by atoms with E-state index in [1.54, 1.807) is 19.3 Å². The van der Waals surface area contributed by atoms with Gasteiger partial charge in [0.05, 0.1) is 11.9 Å². The number of aromatic nitrogens is 4. The first-order valence-electron chi connectivity index (χ1n) is 10.6. The molecule has 0 saturated carbocycles. The largest absolute Gasteiger partial charge is 0.481 e. The molecule has 3 heterocycles. The fourth-order valence-electron chi connectivity index (χ4n) is 3.88. The first-order chi connectivity index (χ1) is 14.9. The molecule has 31 heavy (non-hydrogen) atoms. The van der Waals surface area contributed by atoms with Crippen molar-refractivity contribution in [2.75, 3.05) is 13.1 Å². The Morgan fingerprint density at radius 2 is 1.81 bits per heavy atom. The Balaban J connectivity index is 1.34. The molecule has 162 valence electrons. The zero-order valence-electron chi connectivity index (χ0n) is 18.3. The summed E-state index contributed by atoms with van der Waals surface area (Å²) in [6.45, 7) is 8.99. The summed E-state index contributed by atoms with van der Waals surface area (Å²) in [5.74, 6) is 1.91. The van der Waals surface area contributed by atoms with Crippen LogP contribution in [0.1, 0.15) is 48.3 Å². The molecule has 1 unspecified atom stereocenters. The van der Waals surface area contributed by atoms with E-state index in [1.165, 1.54) is 0 Å². The maximum atomic E-state index is 12.9. The lowest BCUT2D eigenvalue weighted by atomic mass is 9.96. The third-order valence-electron chi connectivity index (χ3n) is 5.47. The van der Waals surface area contributed by atoms with Crippen LogP contribution in [0, 0.1) is 20.8 Å². The minimum Gasteiger partial charge on any atom is -0.481 e. The third kappa shape index (κ3) is 4.90. The van der Waals surface area contributed by atoms with E-state index in [9.17, 15) is 4.79 Å². The van der Waals surface area contributed by atoms with Crippen LogP contribution in [0.15, 0.2) is 35.1 Å². The van der Waals surface area contributed by atoms with Crippen LogP contribution < -0.4 is 4.74 Å². The molecular formula is C23H27N5O3. The number of likely N-dealkylation sites (tertiary alicyclic amines) is 1. The van der Waals surface area contributed by atoms with Crippen molar-refractivity contribution in [3.8, 4) is 17.3 Å². The molecule has 8 nitrogen and oxygen atoms in total. The van der Waals surface area contributed by atoms with Gasteiger partial charge in [0.2, 0.25) is 0 Å². The highest BCUT2D eigenvalue weighted by atomic mass is 16.5. The van der Waals surface area contributed by atoms with Crippen LogP contribution in [0.25, 0.3) is 11.6 Å². The topological polar surface area (TPSA) is 94.2 Å². The molecule has 8 heteroatoms. The molecule has 0 bridgehead atoms. The number of ether oxygens (including phenoxy) is 1. The van der Waals surface area contributed by atoms with Gasteiger partial charge in [-0.05, 0) is 63.8 Å². The maximum absolute atomic E-state index is 12.9. The average molecular weight is 422 g/mol. The van der Waals surface area contributed by atoms with Gasteiger partial charge in [-0.25, -0.2) is 4.98 Å². The van der Waals surface area contributed by atoms with Gasteiger partial charge in [0.25, 0.3) is 11.8 Å². The lowest BCUT2D eigenvalue weighted by molar-refractivity contribution is -0.139. The van der Waals surface area contributed by atoms with Gasteiger partial charge in [-0.2, -0.15) is 4.98 Å². The summed E-state index contributed by atoms with van der Waals surface area (Å²) in [7, 11) is 0. The molecule has 3 aromatic rings. The Kier molecular flexibility index (Phi) is 5.97. The fraction of sp³-hybridized carbons (Fsp3) is 0.435. The first-order valence-corrected chi connectivity index (χ1v) is 10.6. The van der Waals surface area contributed by atoms with E-state index in [0.29, 0.717) is 30.5 Å². The zero-order valence-corrected chi connectivity index (χ0v) is 18.3. The average Bonchev–Trinajstić information content (AvgIpc) is 3.23. The lowest BCUT2D eigenvalue weighted by Gasteiger charge is -2.32. The van der Waals surface area contributed by atoms with Gasteiger partial charge in [0, 0.05) is 25.2 Å². The molecule has 1 amide bonds. The highest BCUT2D eigenvalue weighted by Gasteiger charge is 2.30. The standard InChI is InChI=1S/C23H27N5O3/c1-14-9-15(2)11-19(10-14)30-17(4)23(29)28-7-5-18(6-8-28)21-26-22(31-27-21)20-13-24-16(3)12-25-20/h9-13,17-18H,5-8H2,1-4H3. The molecule has 1 aliphatic rings. The summed E-state index contributed by atoms with van der Waals surface area (Å²) in [5, 5.41) is 4.13. The van der Waals surface area contributed by atoms with Crippen LogP contribution in [-0.4, -0.2) is 50.1 Å². The first kappa shape index (κ1) is 21.0. The van der Waals surface area contributed by atoms with Gasteiger partial charge in [-0.1, -0.05) is 11.2 Å². The number of rotatable bonds is 5. The molecule has 2 aromatic heterocycles. The van der Waals surface area contributed by atoms with Crippen molar-refractivity contribution < 1.29 is 14.1 Å². The smallest absolute Gasteiger partial charge is 0.278 e. The van der Waals surface area contributed by atoms with E-state index < -0.39 is 6.10 Å². The van der Waals surface area contributed by atoms with Gasteiger partial charge in [0.15, 0.2) is 11.9 Å². The molecular weight excluding hydrogens is 394 g/mol. The van der Waals surface area contributed by atoms with Gasteiger partial charge in [0.1, 0.15) is 11.4 Å². The van der Waals surface area contributed by atoms with Crippen LogP contribution in [0.4, 0.5) is 0 Å². The summed E-state index contributed by atoms with van der Waals surface area (Å²) in [5.41, 5.74) is 3.63. The van der Waals surface area contributed by atoms with Crippen molar-refractivity contribution in [2.45, 2.75) is 52.6 Å². The summed E-state index contributed by atoms with van der Waals surface area (Å²) < 4.78 is 11.3. The SMILES string of the molecule is Cc1cc(C)cc(OC(C)C(=O)N2CCC(c3noc(-c4cnc(C)cn4)n3)CC2)c1. The summed E-state index contributed by atoms with van der Waals surface area (Å²) >= 11 is 0. The van der Waals surface area contributed by atoms with Crippen LogP contribution in [-0.2, 0) is 4.79 Å². The minimum atomic E-state index is -0.533. The van der Waals surface area contributed by atoms with E-state index in [1.807, 2.05) is 37.8 Å². The van der Waals surface area contributed by atoms with Crippen molar-refractivity contribution in [1.29, 1.82) is 0 Å². The molecule has 0 spiro atoms. The Morgan fingerprint density at radius 3 is 2.45 bits per heavy atom. The van der Waals surface area contributed by atoms with Crippen molar-refractivity contribution in [3.05, 3.63) is 53.2 Å². The normalized spacial score (nSPS) is 15.7. The Hall–Kier alpha value is -3.29. The monoisotopic (exact) mass is 421 g/mol. The number of hydrogen-bond donors (Lipinski definition) is 0. The van der Waals surface area contributed by atoms with Crippen molar-refractivity contribution in [3.63, 3.8) is 0 Å². The highest BCUT2D eigenvalue weighted by molar-refractivity contribution is 5.81. The highest BCUT2D eigenvalue weighted by Crippen LogP contribution is 2.28. The van der Waals surface area contributed by atoms with Crippen LogP contribution in [0.3, 0.4) is 0 Å². The van der Waals surface area contributed by atoms with E-state index in [0.717, 1.165) is 35.4 Å². The van der Waals surface area contributed by atoms with Crippen LogP contribution in [0.5, 0.6) is 5.75 Å². The van der Waals surface area contributed by atoms with Crippen molar-refractivity contribution >= 4 is 5.91 Å². The van der Waals surface area contributed by atoms with E-state index in [-0.39, 0.29) is 11.8 Å². The van der Waals surface area contributed by atoms with E-state index in [2.05, 4.69) is 26.2 Å². The van der Waals surface area contributed by atoms with Gasteiger partial charge in [-0.15, -0.1) is 0 Å². The predicted molar refractivity (Wildman–Crippen MR) is 115 cm³/mol. The van der Waals surface area contributed by atoms with Gasteiger partial charge < -0.3 is 14.2 Å². The predicted octanol–water partition coefficient (Wildman–Crippen LogP) is 3.63. The van der Waals surface area contributed by atoms with Gasteiger partial charge in [-0.3, -0.25) is 9.78 Å². The molecule has 0 radical (unpaired) electrons. The number of aryl methyl sites for hydroxylation is 3. The maximum Gasteiger partial charge on any atom is 0.278 e. The molecule has 0 aliphatic carbocycles. The Labute approximate surface area is 181 Å². The fourth-order valence-corrected chi connectivity index (χ4v) is 3.88. The molecule has 1 aromatic carbocycles. The number of carbonyl (C=O) groups excluding carboxylic acids is 1. The second-order valence-corrected chi connectivity index (χ2v) is 8.18. The Bertz CT molecular complexity index is 1040. The Morgan fingerprint density at radius 1 is 1.10 bits per heavy atom. The second kappa shape index (κ2) is 8.83. The number of amides is 1. The summed E-state index contributed by atoms with van der Waals surface area (Å²) in [4.78, 5) is 27.7. The van der Waals surface area contributed by atoms with Gasteiger partial charge >= 0.3 is 0 Å². The summed E-state index contributed by atoms with van der Waals surface area (Å²) in [6, 6.07) is 5.99. The van der Waals surface area contributed by atoms with Crippen molar-refractivity contribution in [2.24, 2.45) is 0 Å². The summed E-state index contributed by atoms with van der Waals surface area (Å²) in [6.07, 6.45) is 4.33. The third-order valence-corrected chi connectivity index (χ3v) is 5.47. The lowest BCUT2D eigenvalue weighted by Crippen LogP contribution is -2.44. The van der Waals surface area contributed by atoms with Crippen LogP contribution in [0.2, 0.25) is 0 Å². The molecule has 1 fully saturated rings. The number of nitrogens with zero attached hydrogens (tertiary/aromatic N) is 5.